The third kappa shape index (κ3) is 1.46. The Kier molecular flexibility index (Phi) is 2.35. The number of rotatable bonds is 1. The molecule has 0 fully saturated rings. The molecule has 2 aromatic rings. The van der Waals surface area contributed by atoms with Gasteiger partial charge in [-0.1, -0.05) is 15.9 Å². The minimum absolute atomic E-state index is 0.453. The average molecular weight is 253 g/mol. The first-order valence-corrected chi connectivity index (χ1v) is 5.53. The van der Waals surface area contributed by atoms with E-state index in [1.165, 1.54) is 5.52 Å². The smallest absolute Gasteiger partial charge is 0.106 e. The van der Waals surface area contributed by atoms with Crippen molar-refractivity contribution in [2.75, 3.05) is 0 Å². The predicted octanol–water partition coefficient (Wildman–Crippen LogP) is 3.69. The molecule has 3 heteroatoms. The largest absolute Gasteiger partial charge is 0.326 e. The third-order valence-corrected chi connectivity index (χ3v) is 2.84. The van der Waals surface area contributed by atoms with Crippen molar-refractivity contribution in [1.82, 2.24) is 9.55 Å². The summed E-state index contributed by atoms with van der Waals surface area (Å²) in [6.07, 6.45) is 0. The zero-order chi connectivity index (χ0) is 10.3. The maximum absolute atomic E-state index is 4.52. The van der Waals surface area contributed by atoms with E-state index in [1.54, 1.807) is 0 Å². The van der Waals surface area contributed by atoms with Crippen molar-refractivity contribution in [1.29, 1.82) is 0 Å². The second-order valence-electron chi connectivity index (χ2n) is 3.76. The fraction of sp³-hybridized carbons (Fsp3) is 0.364. The van der Waals surface area contributed by atoms with Gasteiger partial charge in [-0.2, -0.15) is 0 Å². The van der Waals surface area contributed by atoms with Crippen molar-refractivity contribution in [3.05, 3.63) is 28.5 Å². The highest BCUT2D eigenvalue weighted by Crippen LogP contribution is 2.23. The average Bonchev–Trinajstić information content (AvgIpc) is 2.40. The van der Waals surface area contributed by atoms with E-state index in [0.717, 1.165) is 15.8 Å². The van der Waals surface area contributed by atoms with Gasteiger partial charge in [0.05, 0.1) is 11.0 Å². The van der Waals surface area contributed by atoms with E-state index in [2.05, 4.69) is 45.4 Å². The molecule has 0 spiro atoms. The number of nitrogens with zero attached hydrogens (tertiary/aromatic N) is 2. The summed E-state index contributed by atoms with van der Waals surface area (Å²) in [5.74, 6) is 1.08. The summed E-state index contributed by atoms with van der Waals surface area (Å²) in [5, 5.41) is 0. The number of benzene rings is 1. The van der Waals surface area contributed by atoms with Gasteiger partial charge in [0.25, 0.3) is 0 Å². The lowest BCUT2D eigenvalue weighted by Gasteiger charge is -2.10. The Labute approximate surface area is 92.1 Å². The molecule has 0 saturated carbocycles. The molecule has 1 aromatic heterocycles. The topological polar surface area (TPSA) is 17.8 Å². The molecule has 2 rings (SSSR count). The van der Waals surface area contributed by atoms with Crippen LogP contribution in [0.1, 0.15) is 25.7 Å². The van der Waals surface area contributed by atoms with Gasteiger partial charge in [-0.25, -0.2) is 4.98 Å². The second-order valence-corrected chi connectivity index (χ2v) is 4.67. The lowest BCUT2D eigenvalue weighted by atomic mass is 10.3. The predicted molar refractivity (Wildman–Crippen MR) is 62.6 cm³/mol. The number of aryl methyl sites for hydroxylation is 1. The normalized spacial score (nSPS) is 11.5. The minimum Gasteiger partial charge on any atom is -0.326 e. The Balaban J connectivity index is 2.79. The van der Waals surface area contributed by atoms with Gasteiger partial charge in [-0.3, -0.25) is 0 Å². The Morgan fingerprint density at radius 2 is 2.07 bits per heavy atom. The van der Waals surface area contributed by atoms with E-state index in [-0.39, 0.29) is 0 Å². The number of halogens is 1. The van der Waals surface area contributed by atoms with Gasteiger partial charge in [0.15, 0.2) is 0 Å². The summed E-state index contributed by atoms with van der Waals surface area (Å²) in [4.78, 5) is 4.52. The van der Waals surface area contributed by atoms with Crippen LogP contribution < -0.4 is 0 Å². The quantitative estimate of drug-likeness (QED) is 0.757. The van der Waals surface area contributed by atoms with Gasteiger partial charge in [-0.05, 0) is 39.0 Å². The van der Waals surface area contributed by atoms with E-state index in [9.17, 15) is 0 Å². The lowest BCUT2D eigenvalue weighted by molar-refractivity contribution is 0.600. The van der Waals surface area contributed by atoms with Crippen LogP contribution in [0.3, 0.4) is 0 Å². The Morgan fingerprint density at radius 1 is 1.36 bits per heavy atom. The van der Waals surface area contributed by atoms with Crippen LogP contribution in [0.5, 0.6) is 0 Å². The molecule has 1 heterocycles. The Bertz CT molecular complexity index is 471. The third-order valence-electron chi connectivity index (χ3n) is 2.34. The van der Waals surface area contributed by atoms with E-state index in [4.69, 9.17) is 0 Å². The van der Waals surface area contributed by atoms with Gasteiger partial charge >= 0.3 is 0 Å². The first-order chi connectivity index (χ1) is 6.59. The number of fused-ring (bicyclic) bond motifs is 1. The maximum Gasteiger partial charge on any atom is 0.106 e. The van der Waals surface area contributed by atoms with E-state index < -0.39 is 0 Å². The van der Waals surface area contributed by atoms with Gasteiger partial charge in [-0.15, -0.1) is 0 Å². The maximum atomic E-state index is 4.52. The van der Waals surface area contributed by atoms with Crippen LogP contribution in [-0.2, 0) is 0 Å². The number of hydrogen-bond acceptors (Lipinski definition) is 1. The van der Waals surface area contributed by atoms with Crippen LogP contribution in [0.15, 0.2) is 22.7 Å². The van der Waals surface area contributed by atoms with Gasteiger partial charge in [0.2, 0.25) is 0 Å². The fourth-order valence-electron chi connectivity index (χ4n) is 1.84. The molecule has 0 aliphatic rings. The Morgan fingerprint density at radius 3 is 2.71 bits per heavy atom. The standard InChI is InChI=1S/C11H13BrN2/c1-7(2)14-8(3)13-10-5-4-9(12)6-11(10)14/h4-7H,1-3H3. The van der Waals surface area contributed by atoms with Gasteiger partial charge in [0, 0.05) is 10.5 Å². The zero-order valence-electron chi connectivity index (χ0n) is 8.58. The van der Waals surface area contributed by atoms with E-state index >= 15 is 0 Å². The summed E-state index contributed by atoms with van der Waals surface area (Å²) in [6.45, 7) is 6.40. The van der Waals surface area contributed by atoms with Crippen molar-refractivity contribution in [3.63, 3.8) is 0 Å². The van der Waals surface area contributed by atoms with Crippen LogP contribution in [0.4, 0.5) is 0 Å². The first kappa shape index (κ1) is 9.71. The zero-order valence-corrected chi connectivity index (χ0v) is 10.2. The fourth-order valence-corrected chi connectivity index (χ4v) is 2.19. The summed E-state index contributed by atoms with van der Waals surface area (Å²) in [7, 11) is 0. The lowest BCUT2D eigenvalue weighted by Crippen LogP contribution is -2.02. The summed E-state index contributed by atoms with van der Waals surface area (Å²) >= 11 is 3.48. The summed E-state index contributed by atoms with van der Waals surface area (Å²) in [5.41, 5.74) is 2.27. The first-order valence-electron chi connectivity index (χ1n) is 4.73. The molecule has 14 heavy (non-hydrogen) atoms. The monoisotopic (exact) mass is 252 g/mol. The highest BCUT2D eigenvalue weighted by atomic mass is 79.9. The second kappa shape index (κ2) is 3.39. The van der Waals surface area contributed by atoms with Gasteiger partial charge < -0.3 is 4.57 Å². The summed E-state index contributed by atoms with van der Waals surface area (Å²) < 4.78 is 3.35. The van der Waals surface area contributed by atoms with Crippen molar-refractivity contribution < 1.29 is 0 Å². The molecule has 0 atom stereocenters. The molecule has 0 aliphatic carbocycles. The van der Waals surface area contributed by atoms with Crippen LogP contribution >= 0.6 is 15.9 Å². The number of aromatic nitrogens is 2. The SMILES string of the molecule is Cc1nc2ccc(Br)cc2n1C(C)C. The molecule has 0 bridgehead atoms. The van der Waals surface area contributed by atoms with Crippen LogP contribution in [0, 0.1) is 6.92 Å². The van der Waals surface area contributed by atoms with Crippen molar-refractivity contribution in [2.24, 2.45) is 0 Å². The number of imidazole rings is 1. The van der Waals surface area contributed by atoms with Crippen LogP contribution in [-0.4, -0.2) is 9.55 Å². The highest BCUT2D eigenvalue weighted by Gasteiger charge is 2.09. The molecular formula is C11H13BrN2. The van der Waals surface area contributed by atoms with E-state index in [0.29, 0.717) is 6.04 Å². The Hall–Kier alpha value is -0.830. The van der Waals surface area contributed by atoms with Crippen molar-refractivity contribution >= 4 is 27.0 Å². The minimum atomic E-state index is 0.453. The molecular weight excluding hydrogens is 240 g/mol. The molecule has 0 radical (unpaired) electrons. The van der Waals surface area contributed by atoms with E-state index in [1.807, 2.05) is 19.1 Å². The van der Waals surface area contributed by atoms with Crippen LogP contribution in [0.25, 0.3) is 11.0 Å². The summed E-state index contributed by atoms with van der Waals surface area (Å²) in [6, 6.07) is 6.65. The van der Waals surface area contributed by atoms with Gasteiger partial charge in [0.1, 0.15) is 5.82 Å². The molecule has 0 amide bonds. The molecule has 1 aromatic carbocycles. The number of hydrogen-bond donors (Lipinski definition) is 0. The molecule has 0 N–H and O–H groups in total. The van der Waals surface area contributed by atoms with Crippen molar-refractivity contribution in [3.8, 4) is 0 Å². The molecule has 2 nitrogen and oxygen atoms in total. The van der Waals surface area contributed by atoms with Crippen molar-refractivity contribution in [2.45, 2.75) is 26.8 Å². The molecule has 0 saturated heterocycles. The highest BCUT2D eigenvalue weighted by molar-refractivity contribution is 9.10. The molecule has 0 aliphatic heterocycles. The molecule has 74 valence electrons. The van der Waals surface area contributed by atoms with Crippen LogP contribution in [0.2, 0.25) is 0 Å². The molecule has 0 unspecified atom stereocenters.